The van der Waals surface area contributed by atoms with Gasteiger partial charge in [-0.05, 0) is 84.6 Å². The van der Waals surface area contributed by atoms with Gasteiger partial charge in [0.1, 0.15) is 17.3 Å². The topological polar surface area (TPSA) is 57.2 Å². The van der Waals surface area contributed by atoms with Crippen LogP contribution in [0.15, 0.2) is 103 Å². The molecule has 0 aliphatic carbocycles. The maximum atomic E-state index is 6.54. The van der Waals surface area contributed by atoms with E-state index in [4.69, 9.17) is 14.8 Å². The first kappa shape index (κ1) is 24.6. The average Bonchev–Trinajstić information content (AvgIpc) is 3.55. The van der Waals surface area contributed by atoms with E-state index >= 15 is 0 Å². The Hall–Kier alpha value is -5.23. The smallest absolute Gasteiger partial charge is 0.137 e. The summed E-state index contributed by atoms with van der Waals surface area (Å²) in [7, 11) is 0. The fraction of sp³-hybridized carbons (Fsp3) is 0.139. The molecule has 42 heavy (non-hydrogen) atoms. The maximum absolute atomic E-state index is 6.54. The predicted molar refractivity (Wildman–Crippen MR) is 170 cm³/mol. The zero-order chi connectivity index (χ0) is 28.6. The highest BCUT2D eigenvalue weighted by Gasteiger charge is 2.18. The van der Waals surface area contributed by atoms with Crippen LogP contribution in [0.1, 0.15) is 32.0 Å². The zero-order valence-electron chi connectivity index (χ0n) is 24.0. The van der Waals surface area contributed by atoms with Crippen molar-refractivity contribution in [3.8, 4) is 17.3 Å². The molecule has 6 heteroatoms. The summed E-state index contributed by atoms with van der Waals surface area (Å²) in [6, 6.07) is 31.4. The first-order valence-corrected chi connectivity index (χ1v) is 14.2. The van der Waals surface area contributed by atoms with Crippen LogP contribution in [0.3, 0.4) is 0 Å². The molecule has 8 rings (SSSR count). The third kappa shape index (κ3) is 3.75. The van der Waals surface area contributed by atoms with Crippen molar-refractivity contribution in [2.24, 2.45) is 0 Å². The normalized spacial score (nSPS) is 12.3. The van der Waals surface area contributed by atoms with Crippen LogP contribution >= 0.6 is 0 Å². The number of benzene rings is 3. The van der Waals surface area contributed by atoms with Gasteiger partial charge < -0.3 is 4.74 Å². The van der Waals surface area contributed by atoms with Crippen LogP contribution in [0.5, 0.6) is 11.5 Å². The van der Waals surface area contributed by atoms with Gasteiger partial charge in [0.15, 0.2) is 0 Å². The van der Waals surface area contributed by atoms with E-state index in [0.29, 0.717) is 0 Å². The Bertz CT molecular complexity index is 2340. The van der Waals surface area contributed by atoms with Crippen LogP contribution in [-0.4, -0.2) is 24.1 Å². The first-order valence-electron chi connectivity index (χ1n) is 14.2. The van der Waals surface area contributed by atoms with Crippen molar-refractivity contribution in [3.05, 3.63) is 115 Å². The van der Waals surface area contributed by atoms with E-state index in [-0.39, 0.29) is 5.41 Å². The van der Waals surface area contributed by atoms with Crippen molar-refractivity contribution in [3.63, 3.8) is 0 Å². The van der Waals surface area contributed by atoms with Gasteiger partial charge in [0.25, 0.3) is 0 Å². The number of aromatic nitrogens is 5. The lowest BCUT2D eigenvalue weighted by Gasteiger charge is -2.20. The SMILES string of the molecule is Cc1cc2c3cc(Oc4ccc5c6ccccc6n(-c6cc(C(C)(C)C)ccn6)c5c4)ccc3c3ncccc3n2n1. The maximum Gasteiger partial charge on any atom is 0.137 e. The predicted octanol–water partition coefficient (Wildman–Crippen LogP) is 8.93. The van der Waals surface area contributed by atoms with Crippen LogP contribution in [0, 0.1) is 6.92 Å². The third-order valence-electron chi connectivity index (χ3n) is 8.09. The van der Waals surface area contributed by atoms with Crippen molar-refractivity contribution < 1.29 is 4.74 Å². The van der Waals surface area contributed by atoms with E-state index in [0.717, 1.165) is 66.8 Å². The second-order valence-corrected chi connectivity index (χ2v) is 11.9. The number of pyridine rings is 3. The molecule has 0 aliphatic heterocycles. The lowest BCUT2D eigenvalue weighted by Crippen LogP contribution is -2.12. The Morgan fingerprint density at radius 1 is 0.619 bits per heavy atom. The second kappa shape index (κ2) is 8.88. The van der Waals surface area contributed by atoms with Crippen molar-refractivity contribution in [2.45, 2.75) is 33.1 Å². The number of aryl methyl sites for hydroxylation is 1. The van der Waals surface area contributed by atoms with E-state index in [1.165, 1.54) is 10.9 Å². The number of ether oxygens (including phenoxy) is 1. The summed E-state index contributed by atoms with van der Waals surface area (Å²) in [5.41, 5.74) is 7.33. The Balaban J connectivity index is 1.29. The minimum atomic E-state index is 0.0150. The minimum absolute atomic E-state index is 0.0150. The molecule has 0 radical (unpaired) electrons. The van der Waals surface area contributed by atoms with Crippen molar-refractivity contribution in [2.75, 3.05) is 0 Å². The fourth-order valence-corrected chi connectivity index (χ4v) is 6.06. The number of para-hydroxylation sites is 1. The average molecular weight is 548 g/mol. The molecule has 0 atom stereocenters. The molecular weight excluding hydrogens is 518 g/mol. The van der Waals surface area contributed by atoms with Crippen LogP contribution in [0.2, 0.25) is 0 Å². The molecule has 0 spiro atoms. The van der Waals surface area contributed by atoms with Crippen LogP contribution in [0.25, 0.3) is 54.9 Å². The summed E-state index contributed by atoms with van der Waals surface area (Å²) in [5, 5.41) is 9.22. The molecule has 0 saturated carbocycles. The van der Waals surface area contributed by atoms with Gasteiger partial charge in [-0.25, -0.2) is 9.50 Å². The summed E-state index contributed by atoms with van der Waals surface area (Å²) >= 11 is 0. The highest BCUT2D eigenvalue weighted by atomic mass is 16.5. The molecule has 0 N–H and O–H groups in total. The van der Waals surface area contributed by atoms with Gasteiger partial charge in [0.2, 0.25) is 0 Å². The summed E-state index contributed by atoms with van der Waals surface area (Å²) in [6.45, 7) is 8.70. The number of nitrogens with zero attached hydrogens (tertiary/aromatic N) is 5. The minimum Gasteiger partial charge on any atom is -0.457 e. The van der Waals surface area contributed by atoms with E-state index in [9.17, 15) is 0 Å². The van der Waals surface area contributed by atoms with Gasteiger partial charge in [0.05, 0.1) is 33.3 Å². The third-order valence-corrected chi connectivity index (χ3v) is 8.09. The fourth-order valence-electron chi connectivity index (χ4n) is 6.06. The number of hydrogen-bond donors (Lipinski definition) is 0. The number of rotatable bonds is 3. The number of fused-ring (bicyclic) bond motifs is 9. The standard InChI is InChI=1S/C36H29N5O/c1-22-18-33-29-20-24(12-14-28(29)35-31(41(33)39-22)10-7-16-38-35)42-25-11-13-27-26-8-5-6-9-30(26)40(32(27)21-25)34-19-23(15-17-37-34)36(2,3)4/h5-21H,1-4H3. The molecule has 0 aliphatic rings. The lowest BCUT2D eigenvalue weighted by atomic mass is 9.88. The lowest BCUT2D eigenvalue weighted by molar-refractivity contribution is 0.484. The zero-order valence-corrected chi connectivity index (χ0v) is 24.0. The first-order chi connectivity index (χ1) is 20.3. The molecule has 0 saturated heterocycles. The summed E-state index contributed by atoms with van der Waals surface area (Å²) in [4.78, 5) is 9.49. The van der Waals surface area contributed by atoms with Gasteiger partial charge in [-0.3, -0.25) is 9.55 Å². The highest BCUT2D eigenvalue weighted by Crippen LogP contribution is 2.37. The Morgan fingerprint density at radius 3 is 2.24 bits per heavy atom. The van der Waals surface area contributed by atoms with Crippen LogP contribution in [-0.2, 0) is 5.41 Å². The van der Waals surface area contributed by atoms with E-state index in [2.05, 4.69) is 103 Å². The van der Waals surface area contributed by atoms with Crippen molar-refractivity contribution in [1.82, 2.24) is 24.1 Å². The van der Waals surface area contributed by atoms with Gasteiger partial charge >= 0.3 is 0 Å². The molecule has 0 bridgehead atoms. The molecule has 5 heterocycles. The molecule has 8 aromatic rings. The molecule has 5 aromatic heterocycles. The van der Waals surface area contributed by atoms with E-state index in [1.807, 2.05) is 42.0 Å². The monoisotopic (exact) mass is 547 g/mol. The van der Waals surface area contributed by atoms with E-state index in [1.54, 1.807) is 0 Å². The summed E-state index contributed by atoms with van der Waals surface area (Å²) in [5.74, 6) is 2.42. The van der Waals surface area contributed by atoms with Gasteiger partial charge in [-0.15, -0.1) is 0 Å². The Morgan fingerprint density at radius 2 is 1.38 bits per heavy atom. The van der Waals surface area contributed by atoms with Crippen LogP contribution in [0.4, 0.5) is 0 Å². The molecule has 3 aromatic carbocycles. The quantitative estimate of drug-likeness (QED) is 0.207. The molecule has 6 nitrogen and oxygen atoms in total. The molecular formula is C36H29N5O. The second-order valence-electron chi connectivity index (χ2n) is 11.9. The number of hydrogen-bond acceptors (Lipinski definition) is 4. The van der Waals surface area contributed by atoms with Gasteiger partial charge in [-0.1, -0.05) is 39.0 Å². The Labute approximate surface area is 242 Å². The Kier molecular flexibility index (Phi) is 5.19. The van der Waals surface area contributed by atoms with E-state index < -0.39 is 0 Å². The molecule has 0 unspecified atom stereocenters. The molecule has 204 valence electrons. The van der Waals surface area contributed by atoms with Crippen molar-refractivity contribution in [1.29, 1.82) is 0 Å². The van der Waals surface area contributed by atoms with Crippen LogP contribution < -0.4 is 4.74 Å². The highest BCUT2D eigenvalue weighted by molar-refractivity contribution is 6.11. The molecule has 0 fully saturated rings. The summed E-state index contributed by atoms with van der Waals surface area (Å²) < 4.78 is 10.8. The molecule has 0 amide bonds. The largest absolute Gasteiger partial charge is 0.457 e. The summed E-state index contributed by atoms with van der Waals surface area (Å²) in [6.07, 6.45) is 3.73. The van der Waals surface area contributed by atoms with Crippen molar-refractivity contribution >= 4 is 49.1 Å². The van der Waals surface area contributed by atoms with Gasteiger partial charge in [-0.2, -0.15) is 5.10 Å². The van der Waals surface area contributed by atoms with Gasteiger partial charge in [0, 0.05) is 40.0 Å².